The molecule has 0 aromatic heterocycles. The van der Waals surface area contributed by atoms with Crippen LogP contribution in [0, 0.1) is 0 Å². The molecule has 2 rings (SSSR count). The predicted molar refractivity (Wildman–Crippen MR) is 87.5 cm³/mol. The highest BCUT2D eigenvalue weighted by molar-refractivity contribution is 9.10. The van der Waals surface area contributed by atoms with E-state index >= 15 is 0 Å². The highest BCUT2D eigenvalue weighted by Gasteiger charge is 2.36. The minimum absolute atomic E-state index is 0.113. The molecule has 4 nitrogen and oxygen atoms in total. The summed E-state index contributed by atoms with van der Waals surface area (Å²) < 4.78 is 11.6. The van der Waals surface area contributed by atoms with Crippen LogP contribution >= 0.6 is 15.9 Å². The molecule has 0 N–H and O–H groups in total. The van der Waals surface area contributed by atoms with Gasteiger partial charge in [0, 0.05) is 24.5 Å². The summed E-state index contributed by atoms with van der Waals surface area (Å²) in [6, 6.07) is 1.82. The molecule has 1 aliphatic carbocycles. The molecule has 0 heterocycles. The highest BCUT2D eigenvalue weighted by atomic mass is 79.9. The summed E-state index contributed by atoms with van der Waals surface area (Å²) >= 11 is 3.60. The smallest absolute Gasteiger partial charge is 0.303 e. The normalized spacial score (nSPS) is 17.6. The number of hydrogen-bond acceptors (Lipinski definition) is 4. The van der Waals surface area contributed by atoms with Crippen LogP contribution in [-0.2, 0) is 14.9 Å². The first kappa shape index (κ1) is 17.0. The second-order valence-corrected chi connectivity index (χ2v) is 7.09. The van der Waals surface area contributed by atoms with Crippen LogP contribution in [0.25, 0.3) is 0 Å². The molecular weight excluding hydrogens is 348 g/mol. The minimum atomic E-state index is -0.480. The van der Waals surface area contributed by atoms with E-state index in [1.807, 2.05) is 6.07 Å². The van der Waals surface area contributed by atoms with Crippen molar-refractivity contribution < 1.29 is 19.1 Å². The van der Waals surface area contributed by atoms with E-state index in [1.165, 1.54) is 6.92 Å². The molecule has 1 aromatic rings. The van der Waals surface area contributed by atoms with Crippen molar-refractivity contribution in [2.75, 3.05) is 7.11 Å². The number of esters is 1. The van der Waals surface area contributed by atoms with Crippen molar-refractivity contribution >= 4 is 27.7 Å². The van der Waals surface area contributed by atoms with Crippen LogP contribution in [0.1, 0.15) is 68.1 Å². The molecule has 0 spiro atoms. The summed E-state index contributed by atoms with van der Waals surface area (Å²) in [7, 11) is 1.58. The molecule has 0 bridgehead atoms. The molecule has 0 saturated heterocycles. The molecule has 120 valence electrons. The van der Waals surface area contributed by atoms with E-state index in [9.17, 15) is 9.59 Å². The molecule has 0 amide bonds. The number of carbonyl (C=O) groups excluding carboxylic acids is 2. The van der Waals surface area contributed by atoms with Gasteiger partial charge >= 0.3 is 5.97 Å². The van der Waals surface area contributed by atoms with Crippen molar-refractivity contribution in [3.05, 3.63) is 27.2 Å². The fourth-order valence-corrected chi connectivity index (χ4v) is 4.18. The van der Waals surface area contributed by atoms with Crippen LogP contribution < -0.4 is 4.74 Å². The van der Waals surface area contributed by atoms with Gasteiger partial charge in [-0.15, -0.1) is 0 Å². The van der Waals surface area contributed by atoms with E-state index in [0.29, 0.717) is 23.3 Å². The van der Waals surface area contributed by atoms with Gasteiger partial charge in [-0.3, -0.25) is 9.59 Å². The van der Waals surface area contributed by atoms with Gasteiger partial charge in [0.2, 0.25) is 0 Å². The van der Waals surface area contributed by atoms with Crippen LogP contribution in [0.2, 0.25) is 0 Å². The van der Waals surface area contributed by atoms with Gasteiger partial charge in [-0.1, -0.05) is 13.8 Å². The Morgan fingerprint density at radius 3 is 2.59 bits per heavy atom. The number of halogens is 1. The first-order chi connectivity index (χ1) is 10.2. The fraction of sp³-hybridized carbons (Fsp3) is 0.529. The summed E-state index contributed by atoms with van der Waals surface area (Å²) in [4.78, 5) is 23.6. The Morgan fingerprint density at radius 1 is 1.41 bits per heavy atom. The standard InChI is InChI=1S/C17H21BrO4/c1-9(22-10(2)19)11-8-12-13(20)6-7-17(3,4)14(12)15(18)16(11)21-5/h8-9H,6-7H2,1-5H3. The van der Waals surface area contributed by atoms with Crippen LogP contribution in [0.5, 0.6) is 5.75 Å². The molecule has 1 aliphatic rings. The second-order valence-electron chi connectivity index (χ2n) is 6.29. The molecule has 1 aromatic carbocycles. The van der Waals surface area contributed by atoms with Crippen molar-refractivity contribution in [2.45, 2.75) is 52.1 Å². The topological polar surface area (TPSA) is 52.6 Å². The zero-order chi connectivity index (χ0) is 16.7. The Balaban J connectivity index is 2.68. The van der Waals surface area contributed by atoms with E-state index in [1.54, 1.807) is 14.0 Å². The number of fused-ring (bicyclic) bond motifs is 1. The number of methoxy groups -OCH3 is 1. The molecular formula is C17H21BrO4. The van der Waals surface area contributed by atoms with Gasteiger partial charge < -0.3 is 9.47 Å². The largest absolute Gasteiger partial charge is 0.495 e. The third-order valence-electron chi connectivity index (χ3n) is 4.19. The molecule has 0 saturated carbocycles. The number of benzene rings is 1. The molecule has 22 heavy (non-hydrogen) atoms. The van der Waals surface area contributed by atoms with Crippen LogP contribution in [0.4, 0.5) is 0 Å². The van der Waals surface area contributed by atoms with Crippen molar-refractivity contribution in [2.24, 2.45) is 0 Å². The average molecular weight is 369 g/mol. The Hall–Kier alpha value is -1.36. The Kier molecular flexibility index (Phi) is 4.66. The molecule has 1 atom stereocenters. The van der Waals surface area contributed by atoms with Crippen LogP contribution in [0.3, 0.4) is 0 Å². The minimum Gasteiger partial charge on any atom is -0.495 e. The van der Waals surface area contributed by atoms with E-state index in [4.69, 9.17) is 9.47 Å². The van der Waals surface area contributed by atoms with Crippen molar-refractivity contribution in [1.29, 1.82) is 0 Å². The van der Waals surface area contributed by atoms with Crippen molar-refractivity contribution in [3.63, 3.8) is 0 Å². The quantitative estimate of drug-likeness (QED) is 0.744. The predicted octanol–water partition coefficient (Wildman–Crippen LogP) is 4.34. The van der Waals surface area contributed by atoms with Crippen LogP contribution in [0.15, 0.2) is 10.5 Å². The number of ketones is 1. The Labute approximate surface area is 139 Å². The van der Waals surface area contributed by atoms with Crippen molar-refractivity contribution in [3.8, 4) is 5.75 Å². The summed E-state index contributed by atoms with van der Waals surface area (Å²) in [5.41, 5.74) is 2.25. The second kappa shape index (κ2) is 6.03. The molecule has 0 fully saturated rings. The van der Waals surface area contributed by atoms with Gasteiger partial charge in [0.05, 0.1) is 11.6 Å². The van der Waals surface area contributed by atoms with E-state index in [-0.39, 0.29) is 17.2 Å². The maximum Gasteiger partial charge on any atom is 0.303 e. The number of Topliss-reactive ketones (excluding diaryl/α,β-unsaturated/α-hetero) is 1. The average Bonchev–Trinajstić information content (AvgIpc) is 2.41. The summed E-state index contributed by atoms with van der Waals surface area (Å²) in [6.07, 6.45) is 0.853. The Morgan fingerprint density at radius 2 is 2.05 bits per heavy atom. The lowest BCUT2D eigenvalue weighted by molar-refractivity contribution is -0.145. The van der Waals surface area contributed by atoms with E-state index in [0.717, 1.165) is 16.5 Å². The summed E-state index contributed by atoms with van der Waals surface area (Å²) in [5, 5.41) is 0. The number of carbonyl (C=O) groups is 2. The van der Waals surface area contributed by atoms with E-state index < -0.39 is 6.10 Å². The highest BCUT2D eigenvalue weighted by Crippen LogP contribution is 2.47. The number of rotatable bonds is 3. The summed E-state index contributed by atoms with van der Waals surface area (Å²) in [5.74, 6) is 0.374. The first-order valence-electron chi connectivity index (χ1n) is 7.30. The van der Waals surface area contributed by atoms with Gasteiger partial charge in [0.25, 0.3) is 0 Å². The van der Waals surface area contributed by atoms with E-state index in [2.05, 4.69) is 29.8 Å². The first-order valence-corrected chi connectivity index (χ1v) is 8.09. The van der Waals surface area contributed by atoms with Gasteiger partial charge in [0.15, 0.2) is 5.78 Å². The third kappa shape index (κ3) is 2.91. The van der Waals surface area contributed by atoms with Gasteiger partial charge in [-0.05, 0) is 46.3 Å². The number of hydrogen-bond donors (Lipinski definition) is 0. The zero-order valence-corrected chi connectivity index (χ0v) is 15.2. The number of ether oxygens (including phenoxy) is 2. The zero-order valence-electron chi connectivity index (χ0n) is 13.6. The van der Waals surface area contributed by atoms with Gasteiger partial charge in [-0.25, -0.2) is 0 Å². The molecule has 0 radical (unpaired) electrons. The maximum absolute atomic E-state index is 12.4. The SMILES string of the molecule is COc1c(C(C)OC(C)=O)cc2c(c1Br)C(C)(C)CCC2=O. The van der Waals surface area contributed by atoms with Crippen molar-refractivity contribution in [1.82, 2.24) is 0 Å². The fourth-order valence-electron chi connectivity index (χ4n) is 3.04. The third-order valence-corrected chi connectivity index (χ3v) is 4.95. The lowest BCUT2D eigenvalue weighted by Gasteiger charge is -2.34. The molecule has 1 unspecified atom stereocenters. The maximum atomic E-state index is 12.4. The molecule has 5 heteroatoms. The lowest BCUT2D eigenvalue weighted by Crippen LogP contribution is -2.28. The lowest BCUT2D eigenvalue weighted by atomic mass is 9.71. The van der Waals surface area contributed by atoms with Gasteiger partial charge in [0.1, 0.15) is 11.9 Å². The van der Waals surface area contributed by atoms with Gasteiger partial charge in [-0.2, -0.15) is 0 Å². The van der Waals surface area contributed by atoms with Crippen LogP contribution in [-0.4, -0.2) is 18.9 Å². The molecule has 0 aliphatic heterocycles. The monoisotopic (exact) mass is 368 g/mol. The Bertz CT molecular complexity index is 634. The summed E-state index contributed by atoms with van der Waals surface area (Å²) in [6.45, 7) is 7.39.